The molecule has 9 N–H and O–H groups in total. The molecule has 0 amide bonds. The first-order valence-electron chi connectivity index (χ1n) is 10.0. The van der Waals surface area contributed by atoms with Crippen LogP contribution in [0.4, 0.5) is 0 Å². The molecule has 12 atom stereocenters. The van der Waals surface area contributed by atoms with Gasteiger partial charge in [-0.25, -0.2) is 5.48 Å². The Bertz CT molecular complexity index is 558. The molecule has 3 fully saturated rings. The summed E-state index contributed by atoms with van der Waals surface area (Å²) in [5, 5.41) is 78.9. The first kappa shape index (κ1) is 25.1. The van der Waals surface area contributed by atoms with Crippen molar-refractivity contribution in [2.45, 2.75) is 80.0 Å². The average molecular weight is 457 g/mol. The number of hydroxylamine groups is 1. The van der Waals surface area contributed by atoms with Gasteiger partial charge in [-0.15, -0.1) is 0 Å². The summed E-state index contributed by atoms with van der Waals surface area (Å²) in [5.74, 6) is 0. The van der Waals surface area contributed by atoms with Crippen LogP contribution in [0.2, 0.25) is 0 Å². The maximum atomic E-state index is 10.6. The molecule has 3 rings (SSSR count). The van der Waals surface area contributed by atoms with Crippen LogP contribution >= 0.6 is 0 Å². The highest BCUT2D eigenvalue weighted by Crippen LogP contribution is 2.29. The molecule has 3 aliphatic rings. The van der Waals surface area contributed by atoms with Crippen LogP contribution in [-0.4, -0.2) is 141 Å². The van der Waals surface area contributed by atoms with Crippen molar-refractivity contribution < 1.29 is 64.6 Å². The van der Waals surface area contributed by atoms with E-state index in [1.807, 2.05) is 5.48 Å². The summed E-state index contributed by atoms with van der Waals surface area (Å²) in [4.78, 5) is 0. The van der Waals surface area contributed by atoms with Crippen molar-refractivity contribution in [3.8, 4) is 0 Å². The molecule has 0 radical (unpaired) electrons. The second-order valence-electron chi connectivity index (χ2n) is 7.79. The van der Waals surface area contributed by atoms with Gasteiger partial charge in [0.15, 0.2) is 12.6 Å². The zero-order valence-corrected chi connectivity index (χ0v) is 16.6. The van der Waals surface area contributed by atoms with Crippen molar-refractivity contribution >= 4 is 0 Å². The maximum absolute atomic E-state index is 10.6. The highest BCUT2D eigenvalue weighted by atomic mass is 16.7. The fraction of sp³-hybridized carbons (Fsp3) is 1.00. The van der Waals surface area contributed by atoms with Crippen molar-refractivity contribution in [2.24, 2.45) is 0 Å². The molecule has 14 nitrogen and oxygen atoms in total. The number of ether oxygens (including phenoxy) is 5. The van der Waals surface area contributed by atoms with Gasteiger partial charge in [0, 0.05) is 6.54 Å². The van der Waals surface area contributed by atoms with E-state index in [-0.39, 0.29) is 26.2 Å². The summed E-state index contributed by atoms with van der Waals surface area (Å²) in [6, 6.07) is 0. The molecule has 14 heteroatoms. The number of rotatable bonds is 8. The molecule has 31 heavy (non-hydrogen) atoms. The number of nitrogens with one attached hydrogen (secondary N) is 1. The predicted octanol–water partition coefficient (Wildman–Crippen LogP) is -5.24. The topological polar surface area (TPSA) is 220 Å². The Morgan fingerprint density at radius 1 is 0.774 bits per heavy atom. The van der Waals surface area contributed by atoms with Gasteiger partial charge < -0.3 is 64.6 Å². The largest absolute Gasteiger partial charge is 0.394 e. The van der Waals surface area contributed by atoms with E-state index in [0.717, 1.165) is 0 Å². The minimum absolute atomic E-state index is 0.135. The van der Waals surface area contributed by atoms with Crippen molar-refractivity contribution in [3.63, 3.8) is 0 Å². The molecular formula is C17H31NO13. The molecular weight excluding hydrogens is 426 g/mol. The van der Waals surface area contributed by atoms with E-state index < -0.39 is 80.2 Å². The second-order valence-corrected chi connectivity index (χ2v) is 7.79. The summed E-state index contributed by atoms with van der Waals surface area (Å²) in [7, 11) is 0. The third-order valence-electron chi connectivity index (χ3n) is 5.65. The van der Waals surface area contributed by atoms with Gasteiger partial charge in [0.25, 0.3) is 0 Å². The fourth-order valence-corrected chi connectivity index (χ4v) is 3.80. The highest BCUT2D eigenvalue weighted by molar-refractivity contribution is 4.92. The van der Waals surface area contributed by atoms with Crippen molar-refractivity contribution in [1.29, 1.82) is 0 Å². The molecule has 0 saturated carbocycles. The third-order valence-corrected chi connectivity index (χ3v) is 5.65. The summed E-state index contributed by atoms with van der Waals surface area (Å²) in [5.41, 5.74) is 1.93. The standard InChI is InChI=1S/C17H31NO13/c19-3-8-11(22)13(24)17(29-8)31-15-6(20)4-28-16(14(15)25)30-9-5-27-7(1-2-18-26)10(21)12(9)23/h6-26H,1-5H2/t6-,7+,8+,9-,10?,11?,12?,13?,14+,15?,16+,17+/m1/s1. The highest BCUT2D eigenvalue weighted by Gasteiger charge is 2.49. The normalized spacial score (nSPS) is 48.8. The van der Waals surface area contributed by atoms with Crippen LogP contribution in [0.3, 0.4) is 0 Å². The van der Waals surface area contributed by atoms with Gasteiger partial charge in [-0.05, 0) is 6.42 Å². The van der Waals surface area contributed by atoms with Gasteiger partial charge in [-0.1, -0.05) is 0 Å². The van der Waals surface area contributed by atoms with E-state index in [1.165, 1.54) is 0 Å². The fourth-order valence-electron chi connectivity index (χ4n) is 3.80. The molecule has 182 valence electrons. The summed E-state index contributed by atoms with van der Waals surface area (Å²) >= 11 is 0. The number of hydrogen-bond donors (Lipinski definition) is 9. The van der Waals surface area contributed by atoms with Crippen molar-refractivity contribution in [3.05, 3.63) is 0 Å². The molecule has 0 aromatic rings. The Morgan fingerprint density at radius 3 is 2.13 bits per heavy atom. The molecule has 3 aliphatic heterocycles. The second kappa shape index (κ2) is 11.0. The molecule has 0 spiro atoms. The average Bonchev–Trinajstić information content (AvgIpc) is 3.03. The lowest BCUT2D eigenvalue weighted by Crippen LogP contribution is -2.60. The Hall–Kier alpha value is -0.560. The van der Waals surface area contributed by atoms with Crippen LogP contribution in [0, 0.1) is 0 Å². The van der Waals surface area contributed by atoms with Gasteiger partial charge >= 0.3 is 0 Å². The number of aliphatic hydroxyl groups is 7. The van der Waals surface area contributed by atoms with E-state index in [4.69, 9.17) is 34.0 Å². The van der Waals surface area contributed by atoms with Crippen LogP contribution in [0.15, 0.2) is 0 Å². The first-order valence-corrected chi connectivity index (χ1v) is 10.0. The van der Waals surface area contributed by atoms with E-state index >= 15 is 0 Å². The lowest BCUT2D eigenvalue weighted by atomic mass is 9.97. The summed E-state index contributed by atoms with van der Waals surface area (Å²) in [6.07, 6.45) is -15.4. The van der Waals surface area contributed by atoms with Crippen LogP contribution in [0.1, 0.15) is 6.42 Å². The molecule has 0 aliphatic carbocycles. The lowest BCUT2D eigenvalue weighted by molar-refractivity contribution is -0.331. The lowest BCUT2D eigenvalue weighted by Gasteiger charge is -2.43. The summed E-state index contributed by atoms with van der Waals surface area (Å²) in [6.45, 7) is -0.885. The van der Waals surface area contributed by atoms with Crippen molar-refractivity contribution in [1.82, 2.24) is 5.48 Å². The Morgan fingerprint density at radius 2 is 1.48 bits per heavy atom. The minimum Gasteiger partial charge on any atom is -0.394 e. The first-order chi connectivity index (χ1) is 14.8. The van der Waals surface area contributed by atoms with Gasteiger partial charge in [-0.3, -0.25) is 0 Å². The number of aliphatic hydroxyl groups excluding tert-OH is 7. The molecule has 5 unspecified atom stereocenters. The Kier molecular flexibility index (Phi) is 8.93. The maximum Gasteiger partial charge on any atom is 0.187 e. The third kappa shape index (κ3) is 5.51. The van der Waals surface area contributed by atoms with E-state index in [9.17, 15) is 30.6 Å². The SMILES string of the molecule is OC[C@@H]1O[C@@H](OC2[C@H](O)CO[C@@H](O[C@@H]3CO[C@@H](CCNO)C(O)C3O)[C@H]2O)C(O)C1O. The summed E-state index contributed by atoms with van der Waals surface area (Å²) < 4.78 is 26.9. The zero-order chi connectivity index (χ0) is 22.7. The molecule has 3 saturated heterocycles. The van der Waals surface area contributed by atoms with Gasteiger partial charge in [0.2, 0.25) is 0 Å². The molecule has 0 aromatic heterocycles. The molecule has 0 bridgehead atoms. The Labute approximate surface area is 177 Å². The van der Waals surface area contributed by atoms with Crippen LogP contribution in [-0.2, 0) is 23.7 Å². The monoisotopic (exact) mass is 457 g/mol. The quantitative estimate of drug-likeness (QED) is 0.156. The van der Waals surface area contributed by atoms with Crippen molar-refractivity contribution in [2.75, 3.05) is 26.4 Å². The Balaban J connectivity index is 1.58. The van der Waals surface area contributed by atoms with E-state index in [0.29, 0.717) is 0 Å². The van der Waals surface area contributed by atoms with Crippen LogP contribution < -0.4 is 5.48 Å². The van der Waals surface area contributed by atoms with Crippen LogP contribution in [0.25, 0.3) is 0 Å². The van der Waals surface area contributed by atoms with Gasteiger partial charge in [0.05, 0.1) is 25.9 Å². The van der Waals surface area contributed by atoms with E-state index in [1.54, 1.807) is 0 Å². The zero-order valence-electron chi connectivity index (χ0n) is 16.6. The van der Waals surface area contributed by atoms with E-state index in [2.05, 4.69) is 0 Å². The smallest absolute Gasteiger partial charge is 0.187 e. The van der Waals surface area contributed by atoms with Gasteiger partial charge in [-0.2, -0.15) is 0 Å². The van der Waals surface area contributed by atoms with Gasteiger partial charge in [0.1, 0.15) is 54.9 Å². The minimum atomic E-state index is -1.59. The molecule has 3 heterocycles. The predicted molar refractivity (Wildman–Crippen MR) is 95.4 cm³/mol. The molecule has 0 aromatic carbocycles. The number of hydrogen-bond acceptors (Lipinski definition) is 14. The van der Waals surface area contributed by atoms with Crippen LogP contribution in [0.5, 0.6) is 0 Å².